The van der Waals surface area contributed by atoms with E-state index in [0.29, 0.717) is 29.2 Å². The highest BCUT2D eigenvalue weighted by Gasteiger charge is 2.31. The highest BCUT2D eigenvalue weighted by atomic mass is 16.5. The summed E-state index contributed by atoms with van der Waals surface area (Å²) in [6, 6.07) is 24.5. The smallest absolute Gasteiger partial charge is 0.344 e. The molecule has 3 aromatic carbocycles. The van der Waals surface area contributed by atoms with Gasteiger partial charge in [-0.25, -0.2) is 4.79 Å². The maximum Gasteiger partial charge on any atom is 0.344 e. The Morgan fingerprint density at radius 2 is 1.41 bits per heavy atom. The second-order valence-corrected chi connectivity index (χ2v) is 16.0. The molecule has 4 rings (SSSR count). The number of hydrogen-bond donors (Lipinski definition) is 0. The largest absolute Gasteiger partial charge is 0.490 e. The van der Waals surface area contributed by atoms with Crippen LogP contribution in [-0.2, 0) is 6.42 Å². The number of hydrogen-bond acceptors (Lipinski definition) is 4. The van der Waals surface area contributed by atoms with Crippen molar-refractivity contribution in [2.24, 2.45) is 10.8 Å². The Balaban J connectivity index is 1.39. The van der Waals surface area contributed by atoms with E-state index in [0.717, 1.165) is 29.5 Å². The van der Waals surface area contributed by atoms with Gasteiger partial charge in [-0.1, -0.05) is 97.7 Å². The van der Waals surface area contributed by atoms with E-state index in [1.807, 2.05) is 43.3 Å². The molecule has 4 nitrogen and oxygen atoms in total. The molecule has 0 spiro atoms. The van der Waals surface area contributed by atoms with Crippen LogP contribution in [0.15, 0.2) is 82.0 Å². The molecule has 0 fully saturated rings. The van der Waals surface area contributed by atoms with Crippen molar-refractivity contribution in [1.82, 2.24) is 0 Å². The highest BCUT2D eigenvalue weighted by molar-refractivity contribution is 5.82. The molecule has 0 aliphatic rings. The summed E-state index contributed by atoms with van der Waals surface area (Å²) >= 11 is 0. The molecule has 0 aliphatic heterocycles. The van der Waals surface area contributed by atoms with Gasteiger partial charge in [-0.2, -0.15) is 0 Å². The second kappa shape index (κ2) is 14.5. The first-order chi connectivity index (χ1) is 21.5. The van der Waals surface area contributed by atoms with E-state index in [2.05, 4.69) is 98.7 Å². The Labute approximate surface area is 277 Å². The van der Waals surface area contributed by atoms with Gasteiger partial charge < -0.3 is 13.9 Å². The quantitative estimate of drug-likeness (QED) is 0.110. The van der Waals surface area contributed by atoms with Crippen LogP contribution in [0.2, 0.25) is 0 Å². The van der Waals surface area contributed by atoms with Crippen LogP contribution in [0.5, 0.6) is 11.5 Å². The van der Waals surface area contributed by atoms with Gasteiger partial charge in [0, 0.05) is 17.9 Å². The first-order valence-electron chi connectivity index (χ1n) is 17.2. The molecule has 248 valence electrons. The third-order valence-electron chi connectivity index (χ3n) is 8.70. The fourth-order valence-electron chi connectivity index (χ4n) is 6.43. The van der Waals surface area contributed by atoms with E-state index < -0.39 is 5.60 Å². The topological polar surface area (TPSA) is 48.7 Å². The van der Waals surface area contributed by atoms with E-state index in [1.165, 1.54) is 30.4 Å². The van der Waals surface area contributed by atoms with Crippen molar-refractivity contribution in [3.8, 4) is 22.6 Å². The van der Waals surface area contributed by atoms with E-state index >= 15 is 0 Å². The lowest BCUT2D eigenvalue weighted by atomic mass is 9.69. The zero-order valence-electron chi connectivity index (χ0n) is 30.0. The number of fused-ring (bicyclic) bond motifs is 1. The molecular weight excluding hydrogens is 568 g/mol. The number of aryl methyl sites for hydroxylation is 1. The average Bonchev–Trinajstić information content (AvgIpc) is 2.95. The molecule has 0 amide bonds. The number of benzene rings is 3. The van der Waals surface area contributed by atoms with Gasteiger partial charge in [0.2, 0.25) is 0 Å². The molecule has 0 saturated carbocycles. The Kier molecular flexibility index (Phi) is 11.1. The minimum atomic E-state index is -0.445. The predicted octanol–water partition coefficient (Wildman–Crippen LogP) is 11.8. The summed E-state index contributed by atoms with van der Waals surface area (Å²) in [6.07, 6.45) is 6.38. The van der Waals surface area contributed by atoms with E-state index in [9.17, 15) is 4.79 Å². The minimum Gasteiger partial charge on any atom is -0.490 e. The van der Waals surface area contributed by atoms with Gasteiger partial charge in [-0.15, -0.1) is 0 Å². The first kappa shape index (κ1) is 35.3. The number of ether oxygens (including phenoxy) is 2. The lowest BCUT2D eigenvalue weighted by Gasteiger charge is -2.36. The first-order valence-corrected chi connectivity index (χ1v) is 17.2. The normalized spacial score (nSPS) is 13.9. The third-order valence-corrected chi connectivity index (χ3v) is 8.70. The molecule has 1 aromatic heterocycles. The maximum absolute atomic E-state index is 13.0. The fraction of sp³-hybridized carbons (Fsp3) is 0.500. The van der Waals surface area contributed by atoms with Gasteiger partial charge in [-0.3, -0.25) is 0 Å². The summed E-state index contributed by atoms with van der Waals surface area (Å²) in [5.41, 5.74) is 4.26. The molecular formula is C42H56O4. The lowest BCUT2D eigenvalue weighted by Crippen LogP contribution is -2.34. The number of rotatable bonds is 13. The molecule has 0 N–H and O–H groups in total. The molecule has 46 heavy (non-hydrogen) atoms. The minimum absolute atomic E-state index is 0.120. The molecule has 0 saturated heterocycles. The van der Waals surface area contributed by atoms with Crippen molar-refractivity contribution < 1.29 is 13.9 Å². The summed E-state index contributed by atoms with van der Waals surface area (Å²) in [7, 11) is 0. The van der Waals surface area contributed by atoms with Crippen LogP contribution in [0.4, 0.5) is 0 Å². The van der Waals surface area contributed by atoms with Gasteiger partial charge in [0.05, 0.1) is 11.7 Å². The molecule has 1 heterocycles. The molecule has 0 aliphatic carbocycles. The maximum atomic E-state index is 13.0. The van der Waals surface area contributed by atoms with Crippen molar-refractivity contribution in [3.63, 3.8) is 0 Å². The van der Waals surface area contributed by atoms with Crippen LogP contribution in [0.3, 0.4) is 0 Å². The Morgan fingerprint density at radius 1 is 0.761 bits per heavy atom. The van der Waals surface area contributed by atoms with Crippen molar-refractivity contribution in [3.05, 3.63) is 94.3 Å². The van der Waals surface area contributed by atoms with Crippen LogP contribution in [-0.4, -0.2) is 11.7 Å². The molecule has 0 radical (unpaired) electrons. The SMILES string of the molecule is CCCCCc1ccc(-c2cc3ccc(OC(C)CC(C)(C)Oc4ccc(C(CC(C)(C)C)C(C)(C)C)cc4)cc3oc2=O)cc1. The van der Waals surface area contributed by atoms with Crippen LogP contribution >= 0.6 is 0 Å². The average molecular weight is 625 g/mol. The van der Waals surface area contributed by atoms with Crippen molar-refractivity contribution in [2.75, 3.05) is 0 Å². The standard InChI is InChI=1S/C42H56O4/c1-11-12-13-14-30-15-17-31(18-16-30)36-25-33-21-24-35(26-38(33)45-39(36)43)44-29(2)27-42(9,10)46-34-22-19-32(20-23-34)37(41(6,7)8)28-40(3,4)5/h15-26,29,37H,11-14,27-28H2,1-10H3. The molecule has 2 atom stereocenters. The highest BCUT2D eigenvalue weighted by Crippen LogP contribution is 2.43. The van der Waals surface area contributed by atoms with Crippen molar-refractivity contribution in [1.29, 1.82) is 0 Å². The molecule has 4 aromatic rings. The van der Waals surface area contributed by atoms with Gasteiger partial charge in [0.25, 0.3) is 0 Å². The molecule has 4 heteroatoms. The molecule has 0 bridgehead atoms. The van der Waals surface area contributed by atoms with Crippen LogP contribution in [0.1, 0.15) is 118 Å². The van der Waals surface area contributed by atoms with E-state index in [-0.39, 0.29) is 22.6 Å². The predicted molar refractivity (Wildman–Crippen MR) is 193 cm³/mol. The number of unbranched alkanes of at least 4 members (excludes halogenated alkanes) is 2. The van der Waals surface area contributed by atoms with Gasteiger partial charge in [0.1, 0.15) is 22.7 Å². The zero-order valence-corrected chi connectivity index (χ0v) is 30.0. The lowest BCUT2D eigenvalue weighted by molar-refractivity contribution is 0.0543. The molecule has 2 unspecified atom stereocenters. The Hall–Kier alpha value is -3.53. The summed E-state index contributed by atoms with van der Waals surface area (Å²) in [5, 5.41) is 0.866. The van der Waals surface area contributed by atoms with Crippen molar-refractivity contribution in [2.45, 2.75) is 125 Å². The summed E-state index contributed by atoms with van der Waals surface area (Å²) in [6.45, 7) is 22.4. The Bertz CT molecular complexity index is 1610. The third kappa shape index (κ3) is 9.98. The van der Waals surface area contributed by atoms with Gasteiger partial charge in [0.15, 0.2) is 0 Å². The zero-order chi connectivity index (χ0) is 33.7. The van der Waals surface area contributed by atoms with Crippen LogP contribution in [0.25, 0.3) is 22.1 Å². The van der Waals surface area contributed by atoms with E-state index in [1.54, 1.807) is 0 Å². The van der Waals surface area contributed by atoms with Gasteiger partial charge in [-0.05, 0) is 104 Å². The fourth-order valence-corrected chi connectivity index (χ4v) is 6.43. The monoisotopic (exact) mass is 624 g/mol. The van der Waals surface area contributed by atoms with Crippen LogP contribution in [0, 0.1) is 10.8 Å². The van der Waals surface area contributed by atoms with E-state index in [4.69, 9.17) is 13.9 Å². The summed E-state index contributed by atoms with van der Waals surface area (Å²) in [4.78, 5) is 13.0. The Morgan fingerprint density at radius 3 is 2.02 bits per heavy atom. The van der Waals surface area contributed by atoms with Crippen LogP contribution < -0.4 is 15.1 Å². The second-order valence-electron chi connectivity index (χ2n) is 16.0. The van der Waals surface area contributed by atoms with Crippen molar-refractivity contribution >= 4 is 11.0 Å². The summed E-state index contributed by atoms with van der Waals surface area (Å²) in [5.74, 6) is 1.99. The summed E-state index contributed by atoms with van der Waals surface area (Å²) < 4.78 is 18.5. The van der Waals surface area contributed by atoms with Gasteiger partial charge >= 0.3 is 5.63 Å².